The number of nitrogens with one attached hydrogen (secondary N) is 1. The van der Waals surface area contributed by atoms with Crippen LogP contribution in [0.1, 0.15) is 43.7 Å². The van der Waals surface area contributed by atoms with E-state index in [0.717, 1.165) is 40.4 Å². The quantitative estimate of drug-likeness (QED) is 0.594. The molecule has 1 aliphatic rings. The number of benzene rings is 2. The van der Waals surface area contributed by atoms with Gasteiger partial charge in [-0.25, -0.2) is 4.98 Å². The van der Waals surface area contributed by atoms with Crippen molar-refractivity contribution < 1.29 is 14.3 Å². The van der Waals surface area contributed by atoms with Crippen molar-refractivity contribution in [3.8, 4) is 5.75 Å². The summed E-state index contributed by atoms with van der Waals surface area (Å²) in [6, 6.07) is 15.3. The topological polar surface area (TPSA) is 71.5 Å². The van der Waals surface area contributed by atoms with Gasteiger partial charge in [0.05, 0.1) is 22.9 Å². The average molecular weight is 424 g/mol. The number of para-hydroxylation sites is 1. The Hall–Kier alpha value is -2.93. The van der Waals surface area contributed by atoms with Gasteiger partial charge in [-0.05, 0) is 56.2 Å². The lowest BCUT2D eigenvalue weighted by Gasteiger charge is -2.23. The summed E-state index contributed by atoms with van der Waals surface area (Å²) in [5.41, 5.74) is 1.68. The normalized spacial score (nSPS) is 16.0. The van der Waals surface area contributed by atoms with Gasteiger partial charge in [-0.1, -0.05) is 12.1 Å². The number of nitrogens with zero attached hydrogens (tertiary/aromatic N) is 2. The molecule has 1 saturated heterocycles. The monoisotopic (exact) mass is 423 g/mol. The third kappa shape index (κ3) is 4.62. The van der Waals surface area contributed by atoms with Gasteiger partial charge in [0, 0.05) is 25.1 Å². The van der Waals surface area contributed by atoms with Gasteiger partial charge in [-0.15, -0.1) is 11.3 Å². The van der Waals surface area contributed by atoms with Gasteiger partial charge in [0.15, 0.2) is 0 Å². The zero-order chi connectivity index (χ0) is 20.9. The molecule has 30 heavy (non-hydrogen) atoms. The Morgan fingerprint density at radius 3 is 2.73 bits per heavy atom. The van der Waals surface area contributed by atoms with E-state index in [1.807, 2.05) is 42.2 Å². The van der Waals surface area contributed by atoms with Crippen molar-refractivity contribution in [3.63, 3.8) is 0 Å². The first-order valence-corrected chi connectivity index (χ1v) is 11.1. The molecule has 3 aromatic rings. The van der Waals surface area contributed by atoms with Crippen LogP contribution >= 0.6 is 11.3 Å². The first kappa shape index (κ1) is 20.3. The molecule has 1 fully saturated rings. The van der Waals surface area contributed by atoms with Gasteiger partial charge in [0.25, 0.3) is 0 Å². The van der Waals surface area contributed by atoms with Crippen LogP contribution in [0.4, 0.5) is 5.69 Å². The van der Waals surface area contributed by atoms with E-state index in [4.69, 9.17) is 9.72 Å². The Bertz CT molecular complexity index is 999. The van der Waals surface area contributed by atoms with Crippen molar-refractivity contribution in [3.05, 3.63) is 53.5 Å². The lowest BCUT2D eigenvalue weighted by atomic mass is 10.2. The van der Waals surface area contributed by atoms with Gasteiger partial charge in [0.2, 0.25) is 11.8 Å². The van der Waals surface area contributed by atoms with E-state index in [1.165, 1.54) is 0 Å². The van der Waals surface area contributed by atoms with E-state index < -0.39 is 0 Å². The first-order valence-electron chi connectivity index (χ1n) is 10.3. The Morgan fingerprint density at radius 1 is 1.17 bits per heavy atom. The highest BCUT2D eigenvalue weighted by Crippen LogP contribution is 2.36. The van der Waals surface area contributed by atoms with Crippen molar-refractivity contribution in [1.29, 1.82) is 0 Å². The summed E-state index contributed by atoms with van der Waals surface area (Å²) in [6.07, 6.45) is 2.24. The molecule has 156 valence electrons. The third-order valence-electron chi connectivity index (χ3n) is 5.18. The maximum atomic E-state index is 12.8. The van der Waals surface area contributed by atoms with Crippen molar-refractivity contribution in [1.82, 2.24) is 9.88 Å². The summed E-state index contributed by atoms with van der Waals surface area (Å²) >= 11 is 1.65. The second-order valence-corrected chi connectivity index (χ2v) is 8.33. The highest BCUT2D eigenvalue weighted by molar-refractivity contribution is 7.18. The molecule has 0 saturated carbocycles. The van der Waals surface area contributed by atoms with Crippen LogP contribution < -0.4 is 10.1 Å². The SMILES string of the molecule is CCOc1ccc(NC(=O)CCC(=O)N2CCCC2c2nc3ccccc3s2)cc1. The number of carbonyl (C=O) groups excluding carboxylic acids is 2. The van der Waals surface area contributed by atoms with Crippen LogP contribution in [0, 0.1) is 0 Å². The van der Waals surface area contributed by atoms with Gasteiger partial charge in [0.1, 0.15) is 10.8 Å². The second-order valence-electron chi connectivity index (χ2n) is 7.27. The largest absolute Gasteiger partial charge is 0.494 e. The van der Waals surface area contributed by atoms with Crippen LogP contribution in [0.15, 0.2) is 48.5 Å². The number of amides is 2. The Morgan fingerprint density at radius 2 is 1.97 bits per heavy atom. The molecule has 0 bridgehead atoms. The zero-order valence-corrected chi connectivity index (χ0v) is 17.8. The molecule has 2 heterocycles. The molecule has 1 aliphatic heterocycles. The van der Waals surface area contributed by atoms with Crippen molar-refractivity contribution in [2.75, 3.05) is 18.5 Å². The minimum atomic E-state index is -0.164. The molecule has 1 aromatic heterocycles. The van der Waals surface area contributed by atoms with E-state index in [1.54, 1.807) is 23.5 Å². The van der Waals surface area contributed by atoms with Crippen LogP contribution in [0.25, 0.3) is 10.2 Å². The van der Waals surface area contributed by atoms with E-state index in [9.17, 15) is 9.59 Å². The molecule has 0 spiro atoms. The van der Waals surface area contributed by atoms with Crippen molar-refractivity contribution in [2.24, 2.45) is 0 Å². The zero-order valence-electron chi connectivity index (χ0n) is 17.0. The lowest BCUT2D eigenvalue weighted by Crippen LogP contribution is -2.31. The second kappa shape index (κ2) is 9.26. The first-order chi connectivity index (χ1) is 14.6. The fourth-order valence-electron chi connectivity index (χ4n) is 3.74. The maximum absolute atomic E-state index is 12.8. The number of likely N-dealkylation sites (tertiary alicyclic amines) is 1. The molecule has 1 atom stereocenters. The highest BCUT2D eigenvalue weighted by Gasteiger charge is 2.32. The van der Waals surface area contributed by atoms with Crippen molar-refractivity contribution in [2.45, 2.75) is 38.6 Å². The fourth-order valence-corrected chi connectivity index (χ4v) is 4.86. The van der Waals surface area contributed by atoms with E-state index in [0.29, 0.717) is 12.3 Å². The molecule has 6 nitrogen and oxygen atoms in total. The number of aromatic nitrogens is 1. The number of rotatable bonds is 7. The van der Waals surface area contributed by atoms with Gasteiger partial charge in [-0.3, -0.25) is 9.59 Å². The number of hydrogen-bond acceptors (Lipinski definition) is 5. The van der Waals surface area contributed by atoms with Crippen LogP contribution in [0.5, 0.6) is 5.75 Å². The molecule has 2 aromatic carbocycles. The van der Waals surface area contributed by atoms with Crippen molar-refractivity contribution >= 4 is 39.1 Å². The van der Waals surface area contributed by atoms with Crippen LogP contribution in [-0.2, 0) is 9.59 Å². The Kier molecular flexibility index (Phi) is 6.28. The summed E-state index contributed by atoms with van der Waals surface area (Å²) in [4.78, 5) is 31.7. The molecule has 7 heteroatoms. The summed E-state index contributed by atoms with van der Waals surface area (Å²) in [5, 5.41) is 3.83. The Labute approximate surface area is 179 Å². The number of ether oxygens (including phenoxy) is 1. The molecule has 1 N–H and O–H groups in total. The average Bonchev–Trinajstić information content (AvgIpc) is 3.40. The lowest BCUT2D eigenvalue weighted by molar-refractivity contribution is -0.133. The minimum absolute atomic E-state index is 0.0126. The number of thiazole rings is 1. The maximum Gasteiger partial charge on any atom is 0.224 e. The molecule has 1 unspecified atom stereocenters. The molecule has 2 amide bonds. The van der Waals surface area contributed by atoms with Crippen LogP contribution in [0.3, 0.4) is 0 Å². The van der Waals surface area contributed by atoms with E-state index >= 15 is 0 Å². The summed E-state index contributed by atoms with van der Waals surface area (Å²) < 4.78 is 6.54. The molecular weight excluding hydrogens is 398 g/mol. The molecular formula is C23H25N3O3S. The van der Waals surface area contributed by atoms with Crippen LogP contribution in [-0.4, -0.2) is 34.8 Å². The van der Waals surface area contributed by atoms with Crippen LogP contribution in [0.2, 0.25) is 0 Å². The minimum Gasteiger partial charge on any atom is -0.494 e. The third-order valence-corrected chi connectivity index (χ3v) is 6.32. The Balaban J connectivity index is 1.33. The number of hydrogen-bond donors (Lipinski definition) is 1. The fraction of sp³-hybridized carbons (Fsp3) is 0.348. The predicted molar refractivity (Wildman–Crippen MR) is 119 cm³/mol. The van der Waals surface area contributed by atoms with E-state index in [2.05, 4.69) is 11.4 Å². The van der Waals surface area contributed by atoms with Gasteiger partial charge >= 0.3 is 0 Å². The van der Waals surface area contributed by atoms with E-state index in [-0.39, 0.29) is 30.7 Å². The number of fused-ring (bicyclic) bond motifs is 1. The smallest absolute Gasteiger partial charge is 0.224 e. The van der Waals surface area contributed by atoms with Gasteiger partial charge < -0.3 is 15.0 Å². The standard InChI is InChI=1S/C23H25N3O3S/c1-2-29-17-11-9-16(10-12-17)24-21(27)13-14-22(28)26-15-5-7-19(26)23-25-18-6-3-4-8-20(18)30-23/h3-4,6,8-12,19H,2,5,7,13-15H2,1H3,(H,24,27). The number of carbonyl (C=O) groups is 2. The highest BCUT2D eigenvalue weighted by atomic mass is 32.1. The summed E-state index contributed by atoms with van der Waals surface area (Å²) in [7, 11) is 0. The van der Waals surface area contributed by atoms with Gasteiger partial charge in [-0.2, -0.15) is 0 Å². The molecule has 0 radical (unpaired) electrons. The number of anilines is 1. The summed E-state index contributed by atoms with van der Waals surface area (Å²) in [5.74, 6) is 0.613. The summed E-state index contributed by atoms with van der Waals surface area (Å²) in [6.45, 7) is 3.25. The predicted octanol–water partition coefficient (Wildman–Crippen LogP) is 4.78. The molecule has 0 aliphatic carbocycles. The molecule has 4 rings (SSSR count).